The summed E-state index contributed by atoms with van der Waals surface area (Å²) in [4.78, 5) is 10.6. The molecule has 1 unspecified atom stereocenters. The van der Waals surface area contributed by atoms with Crippen molar-refractivity contribution < 1.29 is 9.18 Å². The van der Waals surface area contributed by atoms with E-state index in [0.717, 1.165) is 12.8 Å². The number of carbonyl (C=O) groups is 1. The Kier molecular flexibility index (Phi) is 5.68. The van der Waals surface area contributed by atoms with Crippen LogP contribution in [-0.2, 0) is 4.79 Å². The van der Waals surface area contributed by atoms with E-state index in [2.05, 4.69) is 19.2 Å². The minimum atomic E-state index is -0.911. The fraction of sp³-hybridized carbons (Fsp3) is 0.889. The number of carbonyl (C=O) groups excluding carboxylic acids is 1. The van der Waals surface area contributed by atoms with Crippen LogP contribution in [0.15, 0.2) is 0 Å². The molecule has 0 aliphatic rings. The van der Waals surface area contributed by atoms with Gasteiger partial charge in [0, 0.05) is 6.04 Å². The Bertz CT molecular complexity index is 136. The zero-order valence-corrected chi connectivity index (χ0v) is 8.06. The molecule has 12 heavy (non-hydrogen) atoms. The molecule has 1 N–H and O–H groups in total. The second-order valence-corrected chi connectivity index (χ2v) is 3.57. The molecule has 0 spiro atoms. The van der Waals surface area contributed by atoms with Gasteiger partial charge in [-0.2, -0.15) is 0 Å². The second kappa shape index (κ2) is 5.98. The highest BCUT2D eigenvalue weighted by molar-refractivity contribution is 5.77. The average Bonchev–Trinajstić information content (AvgIpc) is 2.00. The van der Waals surface area contributed by atoms with Crippen molar-refractivity contribution in [2.75, 3.05) is 6.67 Å². The first-order valence-corrected chi connectivity index (χ1v) is 4.41. The molecular formula is C9H18FNO. The lowest BCUT2D eigenvalue weighted by molar-refractivity contribution is -0.122. The first-order chi connectivity index (χ1) is 5.56. The third-order valence-corrected chi connectivity index (χ3v) is 1.71. The van der Waals surface area contributed by atoms with Crippen LogP contribution >= 0.6 is 0 Å². The molecule has 1 amide bonds. The van der Waals surface area contributed by atoms with Crippen LogP contribution in [-0.4, -0.2) is 18.6 Å². The number of rotatable bonds is 5. The van der Waals surface area contributed by atoms with Crippen LogP contribution < -0.4 is 5.32 Å². The Morgan fingerprint density at radius 2 is 1.92 bits per heavy atom. The van der Waals surface area contributed by atoms with Gasteiger partial charge in [-0.05, 0) is 25.7 Å². The van der Waals surface area contributed by atoms with Crippen LogP contribution in [0.3, 0.4) is 0 Å². The minimum Gasteiger partial charge on any atom is -0.351 e. The summed E-state index contributed by atoms with van der Waals surface area (Å²) in [6.07, 6.45) is 1.98. The molecule has 0 saturated carbocycles. The van der Waals surface area contributed by atoms with Gasteiger partial charge in [0.1, 0.15) is 0 Å². The van der Waals surface area contributed by atoms with E-state index in [9.17, 15) is 9.18 Å². The van der Waals surface area contributed by atoms with Crippen molar-refractivity contribution in [3.63, 3.8) is 0 Å². The van der Waals surface area contributed by atoms with Crippen LogP contribution in [0.5, 0.6) is 0 Å². The first-order valence-electron chi connectivity index (χ1n) is 4.41. The van der Waals surface area contributed by atoms with Gasteiger partial charge in [0.05, 0.1) is 0 Å². The Morgan fingerprint density at radius 3 is 2.33 bits per heavy atom. The quantitative estimate of drug-likeness (QED) is 0.679. The minimum absolute atomic E-state index is 0.0932. The maximum absolute atomic E-state index is 11.7. The third-order valence-electron chi connectivity index (χ3n) is 1.71. The summed E-state index contributed by atoms with van der Waals surface area (Å²) in [6, 6.07) is 0.0932. The normalized spacial score (nSPS) is 13.1. The second-order valence-electron chi connectivity index (χ2n) is 3.57. The highest BCUT2D eigenvalue weighted by atomic mass is 19.1. The summed E-state index contributed by atoms with van der Waals surface area (Å²) >= 11 is 0. The smallest absolute Gasteiger partial charge is 0.251 e. The molecule has 0 heterocycles. The Hall–Kier alpha value is -0.600. The van der Waals surface area contributed by atoms with Crippen molar-refractivity contribution in [3.8, 4) is 0 Å². The summed E-state index contributed by atoms with van der Waals surface area (Å²) in [6.45, 7) is 5.25. The highest BCUT2D eigenvalue weighted by Crippen LogP contribution is 2.05. The molecule has 0 radical (unpaired) electrons. The van der Waals surface area contributed by atoms with Gasteiger partial charge in [-0.1, -0.05) is 13.8 Å². The lowest BCUT2D eigenvalue weighted by Gasteiger charge is -2.13. The Balaban J connectivity index is 3.45. The number of hydrogen-bond donors (Lipinski definition) is 1. The third kappa shape index (κ3) is 6.13. The SMILES string of the molecule is CC(C)CCC(C)NC(=O)CF. The van der Waals surface area contributed by atoms with Gasteiger partial charge in [-0.25, -0.2) is 4.39 Å². The Morgan fingerprint density at radius 1 is 1.33 bits per heavy atom. The van der Waals surface area contributed by atoms with E-state index < -0.39 is 12.6 Å². The molecule has 0 fully saturated rings. The van der Waals surface area contributed by atoms with Crippen molar-refractivity contribution >= 4 is 5.91 Å². The number of amides is 1. The first kappa shape index (κ1) is 11.4. The lowest BCUT2D eigenvalue weighted by Crippen LogP contribution is -2.33. The van der Waals surface area contributed by atoms with E-state index in [4.69, 9.17) is 0 Å². The molecule has 1 atom stereocenters. The van der Waals surface area contributed by atoms with Gasteiger partial charge in [0.2, 0.25) is 0 Å². The van der Waals surface area contributed by atoms with Gasteiger partial charge < -0.3 is 5.32 Å². The van der Waals surface area contributed by atoms with Gasteiger partial charge >= 0.3 is 0 Å². The van der Waals surface area contributed by atoms with Crippen molar-refractivity contribution in [2.24, 2.45) is 5.92 Å². The van der Waals surface area contributed by atoms with Crippen LogP contribution in [0, 0.1) is 5.92 Å². The van der Waals surface area contributed by atoms with Crippen LogP contribution in [0.25, 0.3) is 0 Å². The van der Waals surface area contributed by atoms with Crippen molar-refractivity contribution in [1.29, 1.82) is 0 Å². The van der Waals surface area contributed by atoms with Crippen LogP contribution in [0.4, 0.5) is 4.39 Å². The summed E-state index contributed by atoms with van der Waals surface area (Å²) in [5.74, 6) is 0.126. The molecule has 2 nitrogen and oxygen atoms in total. The van der Waals surface area contributed by atoms with Crippen molar-refractivity contribution in [1.82, 2.24) is 5.32 Å². The Labute approximate surface area is 73.5 Å². The number of hydrogen-bond acceptors (Lipinski definition) is 1. The summed E-state index contributed by atoms with van der Waals surface area (Å²) in [7, 11) is 0. The molecule has 0 rings (SSSR count). The fourth-order valence-electron chi connectivity index (χ4n) is 0.969. The largest absolute Gasteiger partial charge is 0.351 e. The zero-order chi connectivity index (χ0) is 9.56. The molecular weight excluding hydrogens is 157 g/mol. The van der Waals surface area contributed by atoms with Crippen molar-refractivity contribution in [3.05, 3.63) is 0 Å². The van der Waals surface area contributed by atoms with Crippen LogP contribution in [0.2, 0.25) is 0 Å². The molecule has 0 bridgehead atoms. The van der Waals surface area contributed by atoms with Crippen molar-refractivity contribution in [2.45, 2.75) is 39.7 Å². The molecule has 0 aromatic heterocycles. The molecule has 0 aliphatic heterocycles. The van der Waals surface area contributed by atoms with Crippen LogP contribution in [0.1, 0.15) is 33.6 Å². The molecule has 0 aromatic carbocycles. The topological polar surface area (TPSA) is 29.1 Å². The van der Waals surface area contributed by atoms with E-state index in [1.54, 1.807) is 0 Å². The monoisotopic (exact) mass is 175 g/mol. The summed E-state index contributed by atoms with van der Waals surface area (Å²) < 4.78 is 11.7. The molecule has 72 valence electrons. The number of nitrogens with one attached hydrogen (secondary N) is 1. The zero-order valence-electron chi connectivity index (χ0n) is 8.06. The summed E-state index contributed by atoms with van der Waals surface area (Å²) in [5, 5.41) is 2.57. The van der Waals surface area contributed by atoms with E-state index in [-0.39, 0.29) is 6.04 Å². The molecule has 0 aliphatic carbocycles. The predicted octanol–water partition coefficient (Wildman–Crippen LogP) is 1.90. The lowest BCUT2D eigenvalue weighted by atomic mass is 10.0. The van der Waals surface area contributed by atoms with Gasteiger partial charge in [-0.3, -0.25) is 4.79 Å². The predicted molar refractivity (Wildman–Crippen MR) is 47.7 cm³/mol. The molecule has 3 heteroatoms. The van der Waals surface area contributed by atoms with E-state index >= 15 is 0 Å². The number of alkyl halides is 1. The fourth-order valence-corrected chi connectivity index (χ4v) is 0.969. The molecule has 0 saturated heterocycles. The van der Waals surface area contributed by atoms with E-state index in [1.165, 1.54) is 0 Å². The highest BCUT2D eigenvalue weighted by Gasteiger charge is 2.06. The average molecular weight is 175 g/mol. The maximum Gasteiger partial charge on any atom is 0.251 e. The number of halogens is 1. The standard InChI is InChI=1S/C9H18FNO/c1-7(2)4-5-8(3)11-9(12)6-10/h7-8H,4-6H2,1-3H3,(H,11,12). The van der Waals surface area contributed by atoms with Gasteiger partial charge in [0.25, 0.3) is 5.91 Å². The molecule has 0 aromatic rings. The van der Waals surface area contributed by atoms with E-state index in [0.29, 0.717) is 5.92 Å². The summed E-state index contributed by atoms with van der Waals surface area (Å²) in [5.41, 5.74) is 0. The van der Waals surface area contributed by atoms with E-state index in [1.807, 2.05) is 6.92 Å². The maximum atomic E-state index is 11.7. The van der Waals surface area contributed by atoms with Gasteiger partial charge in [-0.15, -0.1) is 0 Å². The van der Waals surface area contributed by atoms with Gasteiger partial charge in [0.15, 0.2) is 6.67 Å².